The average molecular weight is 423 g/mol. The van der Waals surface area contributed by atoms with E-state index in [1.165, 1.54) is 83.5 Å². The number of hydrogen-bond donors (Lipinski definition) is 5. The first-order valence-corrected chi connectivity index (χ1v) is 11.6. The second-order valence-electron chi connectivity index (χ2n) is 7.92. The molecule has 0 amide bonds. The molecule has 1 unspecified atom stereocenters. The second-order valence-corrected chi connectivity index (χ2v) is 7.92. The first kappa shape index (κ1) is 30.9. The van der Waals surface area contributed by atoms with Gasteiger partial charge in [0.25, 0.3) is 0 Å². The average Bonchev–Trinajstić information content (AvgIpc) is 2.66. The van der Waals surface area contributed by atoms with E-state index in [1.807, 2.05) is 0 Å². The Hall–Kier alpha value is -0.300. The Bertz CT molecular complexity index is 384. The molecule has 168 valence electrons. The van der Waals surface area contributed by atoms with Crippen LogP contribution >= 0.6 is 0 Å². The van der Waals surface area contributed by atoms with Gasteiger partial charge in [-0.2, -0.15) is 0 Å². The fourth-order valence-corrected chi connectivity index (χ4v) is 3.44. The Morgan fingerprint density at radius 2 is 1.28 bits per heavy atom. The van der Waals surface area contributed by atoms with E-state index in [-0.39, 0.29) is 35.5 Å². The quantitative estimate of drug-likeness (QED) is 0.0827. The number of carboxylic acids is 1. The van der Waals surface area contributed by atoms with Gasteiger partial charge in [0, 0.05) is 6.54 Å². The van der Waals surface area contributed by atoms with Crippen molar-refractivity contribution < 1.29 is 9.90 Å². The van der Waals surface area contributed by atoms with Gasteiger partial charge in [-0.05, 0) is 25.8 Å². The molecule has 0 saturated carbocycles. The molecular formula is C22H47N4NaO2. The summed E-state index contributed by atoms with van der Waals surface area (Å²) < 4.78 is 0. The Morgan fingerprint density at radius 3 is 1.69 bits per heavy atom. The molecule has 29 heavy (non-hydrogen) atoms. The number of hydrogen-bond acceptors (Lipinski definition) is 3. The van der Waals surface area contributed by atoms with Crippen LogP contribution < -0.4 is 16.4 Å². The molecule has 0 rings (SSSR count). The van der Waals surface area contributed by atoms with Crippen LogP contribution in [0, 0.1) is 5.41 Å². The zero-order valence-electron chi connectivity index (χ0n) is 18.2. The van der Waals surface area contributed by atoms with Crippen molar-refractivity contribution in [3.05, 3.63) is 0 Å². The maximum absolute atomic E-state index is 11.3. The van der Waals surface area contributed by atoms with Crippen molar-refractivity contribution >= 4 is 41.5 Å². The Kier molecular flexibility index (Phi) is 25.5. The first-order chi connectivity index (χ1) is 13.6. The summed E-state index contributed by atoms with van der Waals surface area (Å²) in [7, 11) is 0. The Labute approximate surface area is 201 Å². The number of aliphatic carboxylic acids is 1. The number of nitrogens with two attached hydrogens (primary N) is 1. The Morgan fingerprint density at radius 1 is 0.828 bits per heavy atom. The SMILES string of the molecule is CCCCCCCCCCCCCCCCNC(CCCNC(=N)N)C(=O)O.[NaH]. The number of nitrogens with one attached hydrogen (secondary N) is 3. The molecule has 1 atom stereocenters. The number of rotatable bonds is 21. The Balaban J connectivity index is 0. The number of guanidine groups is 1. The molecule has 0 heterocycles. The van der Waals surface area contributed by atoms with Gasteiger partial charge in [-0.1, -0.05) is 90.4 Å². The maximum atomic E-state index is 11.3. The molecule has 0 aliphatic rings. The van der Waals surface area contributed by atoms with Crippen molar-refractivity contribution in [2.75, 3.05) is 13.1 Å². The van der Waals surface area contributed by atoms with Crippen LogP contribution in [0.2, 0.25) is 0 Å². The molecule has 0 fully saturated rings. The fraction of sp³-hybridized carbons (Fsp3) is 0.909. The molecule has 0 aromatic heterocycles. The van der Waals surface area contributed by atoms with E-state index in [0.29, 0.717) is 19.4 Å². The molecule has 0 aromatic carbocycles. The number of unbranched alkanes of at least 4 members (excludes halogenated alkanes) is 13. The third-order valence-electron chi connectivity index (χ3n) is 5.20. The molecular weight excluding hydrogens is 375 g/mol. The van der Waals surface area contributed by atoms with Crippen molar-refractivity contribution in [1.29, 1.82) is 5.41 Å². The van der Waals surface area contributed by atoms with Gasteiger partial charge in [-0.3, -0.25) is 10.2 Å². The molecule has 0 aromatic rings. The third-order valence-corrected chi connectivity index (χ3v) is 5.20. The summed E-state index contributed by atoms with van der Waals surface area (Å²) in [5, 5.41) is 22.2. The van der Waals surface area contributed by atoms with Crippen LogP contribution in [0.5, 0.6) is 0 Å². The van der Waals surface area contributed by atoms with Crippen LogP contribution in [0.1, 0.15) is 110 Å². The van der Waals surface area contributed by atoms with E-state index in [9.17, 15) is 9.90 Å². The molecule has 0 radical (unpaired) electrons. The van der Waals surface area contributed by atoms with Gasteiger partial charge in [0.1, 0.15) is 6.04 Å². The van der Waals surface area contributed by atoms with Crippen LogP contribution in [0.25, 0.3) is 0 Å². The van der Waals surface area contributed by atoms with Gasteiger partial charge in [0.15, 0.2) is 5.96 Å². The van der Waals surface area contributed by atoms with E-state index in [4.69, 9.17) is 11.1 Å². The molecule has 0 bridgehead atoms. The van der Waals surface area contributed by atoms with Gasteiger partial charge in [-0.15, -0.1) is 0 Å². The van der Waals surface area contributed by atoms with Gasteiger partial charge in [-0.25, -0.2) is 0 Å². The van der Waals surface area contributed by atoms with Crippen LogP contribution in [0.15, 0.2) is 0 Å². The summed E-state index contributed by atoms with van der Waals surface area (Å²) in [5.41, 5.74) is 5.21. The van der Waals surface area contributed by atoms with Gasteiger partial charge >= 0.3 is 35.5 Å². The summed E-state index contributed by atoms with van der Waals surface area (Å²) in [4.78, 5) is 11.3. The minimum atomic E-state index is -0.798. The van der Waals surface area contributed by atoms with Crippen LogP contribution in [0.4, 0.5) is 0 Å². The fourth-order valence-electron chi connectivity index (χ4n) is 3.44. The van der Waals surface area contributed by atoms with Gasteiger partial charge in [0.05, 0.1) is 0 Å². The van der Waals surface area contributed by atoms with E-state index < -0.39 is 12.0 Å². The van der Waals surface area contributed by atoms with E-state index in [0.717, 1.165) is 13.0 Å². The zero-order chi connectivity index (χ0) is 20.9. The number of carbonyl (C=O) groups is 1. The summed E-state index contributed by atoms with van der Waals surface area (Å²) >= 11 is 0. The monoisotopic (exact) mass is 422 g/mol. The van der Waals surface area contributed by atoms with Crippen molar-refractivity contribution in [1.82, 2.24) is 10.6 Å². The second kappa shape index (κ2) is 24.0. The summed E-state index contributed by atoms with van der Waals surface area (Å²) in [5.74, 6) is -0.865. The van der Waals surface area contributed by atoms with Crippen LogP contribution in [-0.2, 0) is 4.79 Å². The van der Waals surface area contributed by atoms with Crippen molar-refractivity contribution in [2.45, 2.75) is 116 Å². The molecule has 0 aliphatic carbocycles. The van der Waals surface area contributed by atoms with Gasteiger partial charge in [0.2, 0.25) is 0 Å². The van der Waals surface area contributed by atoms with Crippen LogP contribution in [0.3, 0.4) is 0 Å². The molecule has 0 saturated heterocycles. The normalized spacial score (nSPS) is 11.6. The third kappa shape index (κ3) is 23.8. The van der Waals surface area contributed by atoms with Crippen molar-refractivity contribution in [3.8, 4) is 0 Å². The topological polar surface area (TPSA) is 111 Å². The summed E-state index contributed by atoms with van der Waals surface area (Å²) in [6.45, 7) is 3.57. The van der Waals surface area contributed by atoms with E-state index in [2.05, 4.69) is 17.6 Å². The van der Waals surface area contributed by atoms with Crippen molar-refractivity contribution in [2.24, 2.45) is 5.73 Å². The molecule has 6 N–H and O–H groups in total. The zero-order valence-corrected chi connectivity index (χ0v) is 18.2. The summed E-state index contributed by atoms with van der Waals surface area (Å²) in [6.07, 6.45) is 19.8. The minimum absolute atomic E-state index is 0. The molecule has 7 heteroatoms. The molecule has 6 nitrogen and oxygen atoms in total. The predicted molar refractivity (Wildman–Crippen MR) is 126 cm³/mol. The molecule has 0 spiro atoms. The molecule has 0 aliphatic heterocycles. The number of carboxylic acid groups (broad SMARTS) is 1. The van der Waals surface area contributed by atoms with Crippen molar-refractivity contribution in [3.63, 3.8) is 0 Å². The first-order valence-electron chi connectivity index (χ1n) is 11.6. The standard InChI is InChI=1S/C22H46N4O2.Na.H/c1-2-3-4-5-6-7-8-9-10-11-12-13-14-15-18-25-20(21(27)28)17-16-19-26-22(23)24;;/h20,25H,2-19H2,1H3,(H,27,28)(H4,23,24,26);;. The predicted octanol–water partition coefficient (Wildman–Crippen LogP) is 4.13. The van der Waals surface area contributed by atoms with E-state index in [1.54, 1.807) is 0 Å². The van der Waals surface area contributed by atoms with Crippen LogP contribution in [-0.4, -0.2) is 65.7 Å². The summed E-state index contributed by atoms with van der Waals surface area (Å²) in [6, 6.07) is -0.504. The van der Waals surface area contributed by atoms with Gasteiger partial charge < -0.3 is 21.5 Å². The van der Waals surface area contributed by atoms with E-state index >= 15 is 0 Å².